The molecule has 2 rings (SSSR count). The second kappa shape index (κ2) is 6.50. The monoisotopic (exact) mass is 326 g/mol. The van der Waals surface area contributed by atoms with E-state index >= 15 is 0 Å². The van der Waals surface area contributed by atoms with E-state index in [0.29, 0.717) is 26.9 Å². The summed E-state index contributed by atoms with van der Waals surface area (Å²) in [4.78, 5) is 12.3. The third kappa shape index (κ3) is 3.06. The van der Waals surface area contributed by atoms with Crippen LogP contribution < -0.4 is 0 Å². The first kappa shape index (κ1) is 15.9. The van der Waals surface area contributed by atoms with Crippen LogP contribution in [0.1, 0.15) is 37.3 Å². The Labute approximate surface area is 133 Å². The van der Waals surface area contributed by atoms with Crippen molar-refractivity contribution in [2.75, 3.05) is 6.61 Å². The summed E-state index contributed by atoms with van der Waals surface area (Å²) < 4.78 is 6.75. The van der Waals surface area contributed by atoms with Gasteiger partial charge in [0.15, 0.2) is 5.69 Å². The van der Waals surface area contributed by atoms with Crippen molar-refractivity contribution >= 4 is 29.2 Å². The summed E-state index contributed by atoms with van der Waals surface area (Å²) in [7, 11) is 0. The van der Waals surface area contributed by atoms with Crippen molar-refractivity contribution in [3.8, 4) is 11.1 Å². The summed E-state index contributed by atoms with van der Waals surface area (Å²) >= 11 is 12.5. The fraction of sp³-hybridized carbons (Fsp3) is 0.333. The number of esters is 1. The lowest BCUT2D eigenvalue weighted by Crippen LogP contribution is -2.16. The van der Waals surface area contributed by atoms with Gasteiger partial charge in [-0.25, -0.2) is 4.79 Å². The van der Waals surface area contributed by atoms with E-state index in [1.54, 1.807) is 36.0 Å². The molecule has 1 heterocycles. The predicted octanol–water partition coefficient (Wildman–Crippen LogP) is 4.61. The standard InChI is InChI=1S/C15H16Cl2N2O2/c1-4-21-15(20)14-10(8-18-19(14)9(2)3)13-11(16)6-5-7-12(13)17/h5-9H,4H2,1-3H3. The molecule has 0 aliphatic carbocycles. The van der Waals surface area contributed by atoms with Crippen molar-refractivity contribution in [2.45, 2.75) is 26.8 Å². The van der Waals surface area contributed by atoms with Crippen LogP contribution in [0.25, 0.3) is 11.1 Å². The quantitative estimate of drug-likeness (QED) is 0.770. The van der Waals surface area contributed by atoms with Gasteiger partial charge < -0.3 is 4.74 Å². The van der Waals surface area contributed by atoms with Crippen molar-refractivity contribution in [1.82, 2.24) is 9.78 Å². The molecule has 0 aliphatic heterocycles. The number of hydrogen-bond acceptors (Lipinski definition) is 3. The molecule has 0 bridgehead atoms. The first-order valence-corrected chi connectivity index (χ1v) is 7.42. The van der Waals surface area contributed by atoms with E-state index in [1.807, 2.05) is 13.8 Å². The van der Waals surface area contributed by atoms with Gasteiger partial charge in [0.05, 0.1) is 22.8 Å². The lowest BCUT2D eigenvalue weighted by Gasteiger charge is -2.13. The van der Waals surface area contributed by atoms with Gasteiger partial charge in [-0.3, -0.25) is 4.68 Å². The molecule has 21 heavy (non-hydrogen) atoms. The molecule has 4 nitrogen and oxygen atoms in total. The zero-order chi connectivity index (χ0) is 15.6. The predicted molar refractivity (Wildman–Crippen MR) is 84.0 cm³/mol. The van der Waals surface area contributed by atoms with E-state index in [-0.39, 0.29) is 12.6 Å². The van der Waals surface area contributed by atoms with Gasteiger partial charge in [-0.05, 0) is 32.9 Å². The van der Waals surface area contributed by atoms with Crippen LogP contribution in [-0.4, -0.2) is 22.4 Å². The van der Waals surface area contributed by atoms with E-state index in [4.69, 9.17) is 27.9 Å². The lowest BCUT2D eigenvalue weighted by molar-refractivity contribution is 0.0511. The third-order valence-electron chi connectivity index (χ3n) is 2.99. The van der Waals surface area contributed by atoms with Crippen LogP contribution in [0, 0.1) is 0 Å². The maximum Gasteiger partial charge on any atom is 0.357 e. The van der Waals surface area contributed by atoms with E-state index in [2.05, 4.69) is 5.10 Å². The largest absolute Gasteiger partial charge is 0.461 e. The van der Waals surface area contributed by atoms with E-state index < -0.39 is 5.97 Å². The van der Waals surface area contributed by atoms with Crippen LogP contribution in [0.3, 0.4) is 0 Å². The highest BCUT2D eigenvalue weighted by molar-refractivity contribution is 6.39. The van der Waals surface area contributed by atoms with Crippen molar-refractivity contribution in [1.29, 1.82) is 0 Å². The van der Waals surface area contributed by atoms with Crippen molar-refractivity contribution in [3.63, 3.8) is 0 Å². The molecule has 0 saturated heterocycles. The molecule has 1 aromatic heterocycles. The summed E-state index contributed by atoms with van der Waals surface area (Å²) in [5, 5.41) is 5.21. The molecule has 2 aromatic rings. The second-order valence-electron chi connectivity index (χ2n) is 4.76. The van der Waals surface area contributed by atoms with Crippen LogP contribution in [-0.2, 0) is 4.74 Å². The van der Waals surface area contributed by atoms with Gasteiger partial charge in [-0.15, -0.1) is 0 Å². The molecule has 0 amide bonds. The molecule has 1 aromatic carbocycles. The third-order valence-corrected chi connectivity index (χ3v) is 3.62. The highest BCUT2D eigenvalue weighted by Gasteiger charge is 2.24. The number of hydrogen-bond donors (Lipinski definition) is 0. The molecule has 0 N–H and O–H groups in total. The maximum atomic E-state index is 12.3. The fourth-order valence-corrected chi connectivity index (χ4v) is 2.70. The molecule has 0 saturated carbocycles. The first-order chi connectivity index (χ1) is 9.97. The Kier molecular flexibility index (Phi) is 4.91. The highest BCUT2D eigenvalue weighted by atomic mass is 35.5. The van der Waals surface area contributed by atoms with Gasteiger partial charge in [-0.2, -0.15) is 5.10 Å². The average Bonchev–Trinajstić information content (AvgIpc) is 2.83. The Morgan fingerprint density at radius 3 is 2.48 bits per heavy atom. The molecule has 0 spiro atoms. The Bertz CT molecular complexity index is 645. The van der Waals surface area contributed by atoms with Gasteiger partial charge in [0.2, 0.25) is 0 Å². The fourth-order valence-electron chi connectivity index (χ4n) is 2.09. The van der Waals surface area contributed by atoms with Crippen LogP contribution >= 0.6 is 23.2 Å². The Morgan fingerprint density at radius 2 is 1.95 bits per heavy atom. The topological polar surface area (TPSA) is 44.1 Å². The molecule has 0 radical (unpaired) electrons. The van der Waals surface area contributed by atoms with Crippen molar-refractivity contribution in [3.05, 3.63) is 40.1 Å². The number of halogens is 2. The first-order valence-electron chi connectivity index (χ1n) is 6.66. The number of carbonyl (C=O) groups excluding carboxylic acids is 1. The van der Waals surface area contributed by atoms with Crippen molar-refractivity contribution in [2.24, 2.45) is 0 Å². The number of nitrogens with zero attached hydrogens (tertiary/aromatic N) is 2. The molecule has 0 aliphatic rings. The summed E-state index contributed by atoms with van der Waals surface area (Å²) in [6.07, 6.45) is 1.60. The average molecular weight is 327 g/mol. The molecule has 6 heteroatoms. The highest BCUT2D eigenvalue weighted by Crippen LogP contribution is 2.37. The zero-order valence-corrected chi connectivity index (χ0v) is 13.6. The van der Waals surface area contributed by atoms with E-state index in [1.165, 1.54) is 0 Å². The molecular weight excluding hydrogens is 311 g/mol. The maximum absolute atomic E-state index is 12.3. The van der Waals surface area contributed by atoms with Crippen LogP contribution in [0.2, 0.25) is 10.0 Å². The molecular formula is C15H16Cl2N2O2. The summed E-state index contributed by atoms with van der Waals surface area (Å²) in [5.74, 6) is -0.435. The minimum Gasteiger partial charge on any atom is -0.461 e. The smallest absolute Gasteiger partial charge is 0.357 e. The minimum absolute atomic E-state index is 0.0134. The summed E-state index contributed by atoms with van der Waals surface area (Å²) in [5.41, 5.74) is 1.54. The number of aromatic nitrogens is 2. The van der Waals surface area contributed by atoms with Crippen molar-refractivity contribution < 1.29 is 9.53 Å². The number of ether oxygens (including phenoxy) is 1. The number of benzene rings is 1. The Balaban J connectivity index is 2.67. The van der Waals surface area contributed by atoms with Gasteiger partial charge in [0.1, 0.15) is 0 Å². The second-order valence-corrected chi connectivity index (χ2v) is 5.58. The van der Waals surface area contributed by atoms with E-state index in [0.717, 1.165) is 0 Å². The normalized spacial score (nSPS) is 11.0. The minimum atomic E-state index is -0.435. The molecule has 112 valence electrons. The lowest BCUT2D eigenvalue weighted by atomic mass is 10.1. The number of rotatable bonds is 4. The summed E-state index contributed by atoms with van der Waals surface area (Å²) in [6, 6.07) is 5.22. The van der Waals surface area contributed by atoms with Gasteiger partial charge in [-0.1, -0.05) is 29.3 Å². The van der Waals surface area contributed by atoms with Crippen LogP contribution in [0.4, 0.5) is 0 Å². The van der Waals surface area contributed by atoms with Crippen LogP contribution in [0.5, 0.6) is 0 Å². The van der Waals surface area contributed by atoms with Gasteiger partial charge in [0, 0.05) is 17.2 Å². The molecule has 0 fully saturated rings. The van der Waals surface area contributed by atoms with Crippen LogP contribution in [0.15, 0.2) is 24.4 Å². The summed E-state index contributed by atoms with van der Waals surface area (Å²) in [6.45, 7) is 5.93. The van der Waals surface area contributed by atoms with E-state index in [9.17, 15) is 4.79 Å². The molecule has 0 unspecified atom stereocenters. The Hall–Kier alpha value is -1.52. The van der Waals surface area contributed by atoms with Gasteiger partial charge >= 0.3 is 5.97 Å². The van der Waals surface area contributed by atoms with Gasteiger partial charge in [0.25, 0.3) is 0 Å². The Morgan fingerprint density at radius 1 is 1.33 bits per heavy atom. The molecule has 0 atom stereocenters. The SMILES string of the molecule is CCOC(=O)c1c(-c2c(Cl)cccc2Cl)cnn1C(C)C. The number of carbonyl (C=O) groups is 1. The zero-order valence-electron chi connectivity index (χ0n) is 12.1.